The van der Waals surface area contributed by atoms with Crippen molar-refractivity contribution in [2.75, 3.05) is 0 Å². The molecule has 2 aliphatic heterocycles. The molecule has 0 saturated carbocycles. The molecule has 4 unspecified atom stereocenters. The third-order valence-electron chi connectivity index (χ3n) is 3.15. The number of carbonyl (C=O) groups excluding carboxylic acids is 1. The maximum atomic E-state index is 11.6. The van der Waals surface area contributed by atoms with Crippen LogP contribution in [-0.2, 0) is 9.59 Å². The van der Waals surface area contributed by atoms with E-state index in [1.165, 1.54) is 4.90 Å². The standard InChI is InChI=1S/C10H13NO4.Na.H/c1-4-3-6(10(14)15)11-8(4)7(5(2)12)9(11)13;;/h3-5,7-8,12H,1-2H3,(H,14,15);;/q;+1;-1. The average Bonchev–Trinajstić information content (AvgIpc) is 2.38. The molecule has 1 amide bonds. The topological polar surface area (TPSA) is 77.8 Å². The summed E-state index contributed by atoms with van der Waals surface area (Å²) in [7, 11) is 0. The van der Waals surface area contributed by atoms with Crippen LogP contribution >= 0.6 is 0 Å². The van der Waals surface area contributed by atoms with E-state index in [0.717, 1.165) is 0 Å². The van der Waals surface area contributed by atoms with Gasteiger partial charge in [-0.15, -0.1) is 0 Å². The SMILES string of the molecule is CC(O)C1C(=O)N2C(C(=O)O)=CC(C)C12.[H-].[Na+]. The molecular formula is C10H14NNaO4. The smallest absolute Gasteiger partial charge is 1.00 e. The van der Waals surface area contributed by atoms with Crippen molar-refractivity contribution in [1.82, 2.24) is 4.90 Å². The fourth-order valence-corrected chi connectivity index (χ4v) is 2.47. The number of amides is 1. The Bertz CT molecular complexity index is 371. The first-order chi connectivity index (χ1) is 6.95. The van der Waals surface area contributed by atoms with E-state index in [-0.39, 0.29) is 54.5 Å². The van der Waals surface area contributed by atoms with Crippen LogP contribution in [0.4, 0.5) is 0 Å². The molecular weight excluding hydrogens is 221 g/mol. The Labute approximate surface area is 117 Å². The number of aliphatic hydroxyl groups excluding tert-OH is 1. The Morgan fingerprint density at radius 2 is 2.19 bits per heavy atom. The summed E-state index contributed by atoms with van der Waals surface area (Å²) >= 11 is 0. The van der Waals surface area contributed by atoms with Crippen LogP contribution in [0.5, 0.6) is 0 Å². The van der Waals surface area contributed by atoms with E-state index in [9.17, 15) is 14.7 Å². The summed E-state index contributed by atoms with van der Waals surface area (Å²) in [5.74, 6) is -1.82. The zero-order chi connectivity index (χ0) is 11.3. The summed E-state index contributed by atoms with van der Waals surface area (Å²) in [6.07, 6.45) is 0.857. The summed E-state index contributed by atoms with van der Waals surface area (Å²) in [6, 6.07) is -0.177. The van der Waals surface area contributed by atoms with Crippen LogP contribution in [0.2, 0.25) is 0 Å². The number of aliphatic hydroxyl groups is 1. The molecule has 0 radical (unpaired) electrons. The van der Waals surface area contributed by atoms with E-state index in [1.807, 2.05) is 6.92 Å². The van der Waals surface area contributed by atoms with Crippen molar-refractivity contribution in [3.63, 3.8) is 0 Å². The van der Waals surface area contributed by atoms with E-state index >= 15 is 0 Å². The molecule has 1 saturated heterocycles. The maximum Gasteiger partial charge on any atom is 1.00 e. The molecule has 16 heavy (non-hydrogen) atoms. The van der Waals surface area contributed by atoms with Gasteiger partial charge in [-0.25, -0.2) is 4.79 Å². The number of fused-ring (bicyclic) bond motifs is 1. The van der Waals surface area contributed by atoms with Crippen LogP contribution in [0.3, 0.4) is 0 Å². The molecule has 2 N–H and O–H groups in total. The number of carbonyl (C=O) groups is 2. The number of aliphatic carboxylic acids is 1. The minimum absolute atomic E-state index is 0. The minimum Gasteiger partial charge on any atom is -1.00 e. The summed E-state index contributed by atoms with van der Waals surface area (Å²) in [5, 5.41) is 18.3. The summed E-state index contributed by atoms with van der Waals surface area (Å²) in [5.41, 5.74) is 0.0504. The number of hydrogen-bond acceptors (Lipinski definition) is 3. The Balaban J connectivity index is 0.00000128. The third kappa shape index (κ3) is 1.72. The van der Waals surface area contributed by atoms with Gasteiger partial charge < -0.3 is 16.5 Å². The molecule has 0 aromatic rings. The maximum absolute atomic E-state index is 11.6. The van der Waals surface area contributed by atoms with Gasteiger partial charge >= 0.3 is 35.5 Å². The van der Waals surface area contributed by atoms with Crippen LogP contribution in [-0.4, -0.2) is 39.1 Å². The molecule has 4 atom stereocenters. The van der Waals surface area contributed by atoms with Gasteiger partial charge in [-0.3, -0.25) is 4.79 Å². The molecule has 84 valence electrons. The van der Waals surface area contributed by atoms with Crippen molar-refractivity contribution in [3.05, 3.63) is 11.8 Å². The number of hydrogen-bond donors (Lipinski definition) is 2. The molecule has 1 fully saturated rings. The molecule has 0 aliphatic carbocycles. The van der Waals surface area contributed by atoms with Gasteiger partial charge in [0, 0.05) is 0 Å². The van der Waals surface area contributed by atoms with Crippen molar-refractivity contribution < 1.29 is 50.8 Å². The van der Waals surface area contributed by atoms with Gasteiger partial charge in [-0.05, 0) is 18.9 Å². The van der Waals surface area contributed by atoms with Crippen LogP contribution < -0.4 is 29.6 Å². The second-order valence-corrected chi connectivity index (χ2v) is 4.18. The van der Waals surface area contributed by atoms with Crippen LogP contribution in [0.25, 0.3) is 0 Å². The van der Waals surface area contributed by atoms with Gasteiger partial charge in [-0.2, -0.15) is 0 Å². The van der Waals surface area contributed by atoms with Crippen LogP contribution in [0.1, 0.15) is 15.3 Å². The normalized spacial score (nSPS) is 33.4. The van der Waals surface area contributed by atoms with Gasteiger partial charge in [0.1, 0.15) is 5.70 Å². The first kappa shape index (κ1) is 13.7. The molecule has 6 heteroatoms. The molecule has 0 spiro atoms. The van der Waals surface area contributed by atoms with Crippen molar-refractivity contribution >= 4 is 11.9 Å². The van der Waals surface area contributed by atoms with Crippen molar-refractivity contribution in [2.45, 2.75) is 26.0 Å². The number of carboxylic acids is 1. The fraction of sp³-hybridized carbons (Fsp3) is 0.600. The summed E-state index contributed by atoms with van der Waals surface area (Å²) < 4.78 is 0. The van der Waals surface area contributed by atoms with E-state index in [0.29, 0.717) is 0 Å². The van der Waals surface area contributed by atoms with Gasteiger partial charge in [0.15, 0.2) is 0 Å². The fourth-order valence-electron chi connectivity index (χ4n) is 2.47. The second-order valence-electron chi connectivity index (χ2n) is 4.18. The zero-order valence-electron chi connectivity index (χ0n) is 10.5. The summed E-state index contributed by atoms with van der Waals surface area (Å²) in [4.78, 5) is 23.7. The predicted octanol–water partition coefficient (Wildman–Crippen LogP) is -3.07. The Morgan fingerprint density at radius 3 is 2.62 bits per heavy atom. The van der Waals surface area contributed by atoms with E-state index in [4.69, 9.17) is 5.11 Å². The second kappa shape index (κ2) is 4.49. The van der Waals surface area contributed by atoms with Crippen molar-refractivity contribution in [1.29, 1.82) is 0 Å². The minimum atomic E-state index is -1.08. The average molecular weight is 235 g/mol. The van der Waals surface area contributed by atoms with Gasteiger partial charge in [-0.1, -0.05) is 6.92 Å². The molecule has 2 heterocycles. The van der Waals surface area contributed by atoms with Crippen LogP contribution in [0, 0.1) is 11.8 Å². The zero-order valence-corrected chi connectivity index (χ0v) is 11.5. The Morgan fingerprint density at radius 1 is 1.62 bits per heavy atom. The molecule has 2 aliphatic rings. The predicted molar refractivity (Wildman–Crippen MR) is 51.8 cm³/mol. The third-order valence-corrected chi connectivity index (χ3v) is 3.15. The number of β-lactam (4-membered cyclic amide) rings is 1. The molecule has 0 aromatic carbocycles. The first-order valence-electron chi connectivity index (χ1n) is 4.91. The number of nitrogens with zero attached hydrogens (tertiary/aromatic N) is 1. The Kier molecular flexibility index (Phi) is 3.84. The van der Waals surface area contributed by atoms with Gasteiger partial charge in [0.25, 0.3) is 0 Å². The van der Waals surface area contributed by atoms with E-state index in [1.54, 1.807) is 13.0 Å². The molecule has 0 bridgehead atoms. The molecule has 5 nitrogen and oxygen atoms in total. The molecule has 0 aromatic heterocycles. The number of rotatable bonds is 2. The monoisotopic (exact) mass is 235 g/mol. The largest absolute Gasteiger partial charge is 1.00 e. The van der Waals surface area contributed by atoms with Crippen molar-refractivity contribution in [3.8, 4) is 0 Å². The van der Waals surface area contributed by atoms with Crippen molar-refractivity contribution in [2.24, 2.45) is 11.8 Å². The van der Waals surface area contributed by atoms with Gasteiger partial charge in [0.05, 0.1) is 18.1 Å². The van der Waals surface area contributed by atoms with E-state index < -0.39 is 18.0 Å². The van der Waals surface area contributed by atoms with Crippen LogP contribution in [0.15, 0.2) is 11.8 Å². The Hall–Kier alpha value is -0.360. The molecule has 2 rings (SSSR count). The summed E-state index contributed by atoms with van der Waals surface area (Å²) in [6.45, 7) is 3.42. The van der Waals surface area contributed by atoms with Gasteiger partial charge in [0.2, 0.25) is 5.91 Å². The van der Waals surface area contributed by atoms with E-state index in [2.05, 4.69) is 0 Å². The quantitative estimate of drug-likeness (QED) is 0.393. The first-order valence-corrected chi connectivity index (χ1v) is 4.91. The number of carboxylic acid groups (broad SMARTS) is 1.